The fourth-order valence-electron chi connectivity index (χ4n) is 1.29. The number of hydrogen-bond donors (Lipinski definition) is 0. The van der Waals surface area contributed by atoms with Crippen LogP contribution in [0.4, 0.5) is 4.79 Å². The SMILES string of the molecule is C=COC(=O)OC(C)N1C(=O)CCC1=O. The third kappa shape index (κ3) is 2.55. The van der Waals surface area contributed by atoms with Crippen molar-refractivity contribution in [2.45, 2.75) is 26.0 Å². The first-order valence-electron chi connectivity index (χ1n) is 4.39. The van der Waals surface area contributed by atoms with Gasteiger partial charge in [-0.2, -0.15) is 0 Å². The van der Waals surface area contributed by atoms with Crippen molar-refractivity contribution in [1.29, 1.82) is 0 Å². The molecule has 1 aliphatic heterocycles. The minimum atomic E-state index is -0.995. The fraction of sp³-hybridized carbons (Fsp3) is 0.444. The molecule has 0 saturated carbocycles. The van der Waals surface area contributed by atoms with E-state index >= 15 is 0 Å². The van der Waals surface area contributed by atoms with Gasteiger partial charge in [-0.25, -0.2) is 9.69 Å². The van der Waals surface area contributed by atoms with E-state index in [0.717, 1.165) is 11.2 Å². The maximum Gasteiger partial charge on any atom is 0.515 e. The average molecular weight is 213 g/mol. The Morgan fingerprint density at radius 1 is 1.47 bits per heavy atom. The molecule has 1 rings (SSSR count). The summed E-state index contributed by atoms with van der Waals surface area (Å²) < 4.78 is 8.96. The number of rotatable bonds is 3. The minimum Gasteiger partial charge on any atom is -0.410 e. The third-order valence-corrected chi connectivity index (χ3v) is 1.90. The van der Waals surface area contributed by atoms with Crippen LogP contribution in [0, 0.1) is 0 Å². The van der Waals surface area contributed by atoms with E-state index in [1.54, 1.807) is 0 Å². The summed E-state index contributed by atoms with van der Waals surface area (Å²) >= 11 is 0. The maximum atomic E-state index is 11.2. The summed E-state index contributed by atoms with van der Waals surface area (Å²) in [6.07, 6.45) is -0.723. The van der Waals surface area contributed by atoms with E-state index in [2.05, 4.69) is 16.1 Å². The van der Waals surface area contributed by atoms with Gasteiger partial charge in [-0.3, -0.25) is 9.59 Å². The van der Waals surface area contributed by atoms with Gasteiger partial charge < -0.3 is 9.47 Å². The van der Waals surface area contributed by atoms with E-state index in [9.17, 15) is 14.4 Å². The van der Waals surface area contributed by atoms with Crippen molar-refractivity contribution in [3.63, 3.8) is 0 Å². The Kier molecular flexibility index (Phi) is 3.43. The van der Waals surface area contributed by atoms with E-state index in [-0.39, 0.29) is 24.7 Å². The quantitative estimate of drug-likeness (QED) is 0.393. The average Bonchev–Trinajstić information content (AvgIpc) is 2.46. The number of carbonyl (C=O) groups excluding carboxylic acids is 3. The molecule has 1 heterocycles. The van der Waals surface area contributed by atoms with Gasteiger partial charge in [0, 0.05) is 12.8 Å². The van der Waals surface area contributed by atoms with Crippen LogP contribution in [0.25, 0.3) is 0 Å². The molecule has 0 aromatic heterocycles. The molecule has 6 heteroatoms. The van der Waals surface area contributed by atoms with E-state index in [1.807, 2.05) is 0 Å². The number of hydrogen-bond acceptors (Lipinski definition) is 5. The number of likely N-dealkylation sites (tertiary alicyclic amines) is 1. The third-order valence-electron chi connectivity index (χ3n) is 1.90. The molecule has 0 aromatic carbocycles. The standard InChI is InChI=1S/C9H11NO5/c1-3-14-9(13)15-6(2)10-7(11)4-5-8(10)12/h3,6H,1,4-5H2,2H3. The van der Waals surface area contributed by atoms with Gasteiger partial charge in [0.05, 0.1) is 6.26 Å². The Morgan fingerprint density at radius 3 is 2.47 bits per heavy atom. The van der Waals surface area contributed by atoms with Crippen LogP contribution in [0.15, 0.2) is 12.8 Å². The van der Waals surface area contributed by atoms with Gasteiger partial charge in [0.1, 0.15) is 0 Å². The lowest BCUT2D eigenvalue weighted by atomic mass is 10.4. The molecule has 1 unspecified atom stereocenters. The summed E-state index contributed by atoms with van der Waals surface area (Å²) in [4.78, 5) is 34.2. The van der Waals surface area contributed by atoms with Gasteiger partial charge in [-0.1, -0.05) is 6.58 Å². The summed E-state index contributed by atoms with van der Waals surface area (Å²) in [6, 6.07) is 0. The second-order valence-corrected chi connectivity index (χ2v) is 2.91. The molecule has 0 N–H and O–H groups in total. The van der Waals surface area contributed by atoms with Crippen LogP contribution in [0.1, 0.15) is 19.8 Å². The van der Waals surface area contributed by atoms with Crippen molar-refractivity contribution in [2.24, 2.45) is 0 Å². The monoisotopic (exact) mass is 213 g/mol. The van der Waals surface area contributed by atoms with Crippen LogP contribution in [0.5, 0.6) is 0 Å². The smallest absolute Gasteiger partial charge is 0.410 e. The molecule has 82 valence electrons. The molecular weight excluding hydrogens is 202 g/mol. The van der Waals surface area contributed by atoms with Crippen molar-refractivity contribution >= 4 is 18.0 Å². The van der Waals surface area contributed by atoms with E-state index in [4.69, 9.17) is 0 Å². The van der Waals surface area contributed by atoms with E-state index in [0.29, 0.717) is 0 Å². The molecule has 0 aliphatic carbocycles. The molecular formula is C9H11NO5. The number of nitrogens with zero attached hydrogens (tertiary/aromatic N) is 1. The van der Waals surface area contributed by atoms with Crippen LogP contribution >= 0.6 is 0 Å². The Labute approximate surface area is 86.4 Å². The van der Waals surface area contributed by atoms with E-state index < -0.39 is 12.4 Å². The van der Waals surface area contributed by atoms with Crippen LogP contribution in [0.3, 0.4) is 0 Å². The highest BCUT2D eigenvalue weighted by Crippen LogP contribution is 2.16. The zero-order valence-electron chi connectivity index (χ0n) is 8.26. The number of imide groups is 1. The molecule has 6 nitrogen and oxygen atoms in total. The largest absolute Gasteiger partial charge is 0.515 e. The summed E-state index contributed by atoms with van der Waals surface area (Å²) in [5.41, 5.74) is 0. The molecule has 0 aromatic rings. The minimum absolute atomic E-state index is 0.156. The second kappa shape index (κ2) is 4.59. The summed E-state index contributed by atoms with van der Waals surface area (Å²) in [7, 11) is 0. The van der Waals surface area contributed by atoms with Gasteiger partial charge >= 0.3 is 6.16 Å². The van der Waals surface area contributed by atoms with Crippen LogP contribution in [-0.4, -0.2) is 29.1 Å². The van der Waals surface area contributed by atoms with E-state index in [1.165, 1.54) is 6.92 Å². The van der Waals surface area contributed by atoms with Crippen LogP contribution < -0.4 is 0 Å². The summed E-state index contributed by atoms with van der Waals surface area (Å²) in [5.74, 6) is -0.696. The Hall–Kier alpha value is -1.85. The lowest BCUT2D eigenvalue weighted by molar-refractivity contribution is -0.149. The van der Waals surface area contributed by atoms with Gasteiger partial charge in [0.15, 0.2) is 6.23 Å². The topological polar surface area (TPSA) is 72.9 Å². The normalized spacial score (nSPS) is 17.5. The lowest BCUT2D eigenvalue weighted by Gasteiger charge is -2.21. The first kappa shape index (κ1) is 11.2. The Morgan fingerprint density at radius 2 is 2.00 bits per heavy atom. The van der Waals surface area contributed by atoms with Crippen molar-refractivity contribution < 1.29 is 23.9 Å². The summed E-state index contributed by atoms with van der Waals surface area (Å²) in [5, 5.41) is 0. The second-order valence-electron chi connectivity index (χ2n) is 2.91. The molecule has 1 saturated heterocycles. The molecule has 0 spiro atoms. The Balaban J connectivity index is 2.56. The zero-order valence-corrected chi connectivity index (χ0v) is 8.26. The van der Waals surface area contributed by atoms with Crippen molar-refractivity contribution in [1.82, 2.24) is 4.90 Å². The predicted molar refractivity (Wildman–Crippen MR) is 48.3 cm³/mol. The molecule has 0 radical (unpaired) electrons. The molecule has 0 bridgehead atoms. The van der Waals surface area contributed by atoms with Crippen molar-refractivity contribution in [3.8, 4) is 0 Å². The highest BCUT2D eigenvalue weighted by Gasteiger charge is 2.34. The lowest BCUT2D eigenvalue weighted by Crippen LogP contribution is -2.40. The molecule has 15 heavy (non-hydrogen) atoms. The Bertz CT molecular complexity index is 296. The van der Waals surface area contributed by atoms with Crippen LogP contribution in [0.2, 0.25) is 0 Å². The first-order chi connectivity index (χ1) is 7.06. The van der Waals surface area contributed by atoms with Crippen LogP contribution in [-0.2, 0) is 19.1 Å². The predicted octanol–water partition coefficient (Wildman–Crippen LogP) is 0.778. The number of ether oxygens (including phenoxy) is 2. The van der Waals surface area contributed by atoms with Crippen molar-refractivity contribution in [2.75, 3.05) is 0 Å². The fourth-order valence-corrected chi connectivity index (χ4v) is 1.29. The molecule has 1 atom stereocenters. The van der Waals surface area contributed by atoms with Crippen molar-refractivity contribution in [3.05, 3.63) is 12.8 Å². The number of carbonyl (C=O) groups is 3. The molecule has 1 aliphatic rings. The highest BCUT2D eigenvalue weighted by atomic mass is 16.7. The van der Waals surface area contributed by atoms with Gasteiger partial charge in [0.2, 0.25) is 11.8 Å². The molecule has 1 fully saturated rings. The first-order valence-corrected chi connectivity index (χ1v) is 4.39. The van der Waals surface area contributed by atoms with Gasteiger partial charge in [-0.15, -0.1) is 0 Å². The zero-order chi connectivity index (χ0) is 11.4. The van der Waals surface area contributed by atoms with Gasteiger partial charge in [-0.05, 0) is 6.92 Å². The number of amides is 2. The summed E-state index contributed by atoms with van der Waals surface area (Å²) in [6.45, 7) is 4.59. The van der Waals surface area contributed by atoms with Gasteiger partial charge in [0.25, 0.3) is 0 Å². The molecule has 2 amide bonds. The maximum absolute atomic E-state index is 11.2. The highest BCUT2D eigenvalue weighted by molar-refractivity contribution is 6.02.